The van der Waals surface area contributed by atoms with Crippen LogP contribution in [0.2, 0.25) is 0 Å². The molecule has 1 unspecified atom stereocenters. The first-order valence-electron chi connectivity index (χ1n) is 6.05. The van der Waals surface area contributed by atoms with Crippen molar-refractivity contribution in [1.29, 1.82) is 0 Å². The predicted octanol–water partition coefficient (Wildman–Crippen LogP) is 1.09. The lowest BCUT2D eigenvalue weighted by atomic mass is 10.1. The molecule has 1 aromatic carbocycles. The highest BCUT2D eigenvalue weighted by molar-refractivity contribution is 5.97. The fourth-order valence-electron chi connectivity index (χ4n) is 1.92. The molecule has 8 heteroatoms. The van der Waals surface area contributed by atoms with E-state index in [1.54, 1.807) is 24.3 Å². The molecule has 0 saturated carbocycles. The Balaban J connectivity index is 2.56. The minimum Gasteiger partial charge on any atom is -0.467 e. The number of rotatable bonds is 5. The monoisotopic (exact) mass is 291 g/mol. The van der Waals surface area contributed by atoms with Crippen LogP contribution in [0.1, 0.15) is 0 Å². The molecule has 0 saturated heterocycles. The van der Waals surface area contributed by atoms with E-state index >= 15 is 0 Å². The standard InChI is InChI=1S/C13H13N3O5/c1-21-13(18)10(7-17)15-12-8-4-2-3-5-9(8)14-6-11(12)16(19)20/h2-6,10,17H,7H2,1H3,(H,14,15). The van der Waals surface area contributed by atoms with Crippen LogP contribution in [0.3, 0.4) is 0 Å². The molecule has 110 valence electrons. The molecular formula is C13H13N3O5. The molecule has 2 rings (SSSR count). The minimum atomic E-state index is -1.10. The van der Waals surface area contributed by atoms with E-state index in [1.807, 2.05) is 0 Å². The first-order chi connectivity index (χ1) is 10.1. The Labute approximate surface area is 119 Å². The van der Waals surface area contributed by atoms with Crippen LogP contribution < -0.4 is 5.32 Å². The van der Waals surface area contributed by atoms with Gasteiger partial charge >= 0.3 is 11.7 Å². The molecule has 0 amide bonds. The number of anilines is 1. The number of hydrogen-bond donors (Lipinski definition) is 2. The van der Waals surface area contributed by atoms with Crippen LogP contribution >= 0.6 is 0 Å². The van der Waals surface area contributed by atoms with Crippen LogP contribution in [0.5, 0.6) is 0 Å². The number of nitro groups is 1. The van der Waals surface area contributed by atoms with Gasteiger partial charge in [-0.3, -0.25) is 10.1 Å². The number of aliphatic hydroxyl groups excluding tert-OH is 1. The molecule has 0 spiro atoms. The van der Waals surface area contributed by atoms with Crippen molar-refractivity contribution in [3.05, 3.63) is 40.6 Å². The van der Waals surface area contributed by atoms with Crippen molar-refractivity contribution < 1.29 is 19.6 Å². The largest absolute Gasteiger partial charge is 0.467 e. The maximum Gasteiger partial charge on any atom is 0.330 e. The Kier molecular flexibility index (Phi) is 4.29. The number of hydrogen-bond acceptors (Lipinski definition) is 7. The van der Waals surface area contributed by atoms with E-state index in [-0.39, 0.29) is 11.4 Å². The smallest absolute Gasteiger partial charge is 0.330 e. The zero-order valence-corrected chi connectivity index (χ0v) is 11.1. The number of carbonyl (C=O) groups excluding carboxylic acids is 1. The molecule has 8 nitrogen and oxygen atoms in total. The van der Waals surface area contributed by atoms with Crippen LogP contribution in [0.4, 0.5) is 11.4 Å². The van der Waals surface area contributed by atoms with E-state index in [4.69, 9.17) is 0 Å². The van der Waals surface area contributed by atoms with Crippen molar-refractivity contribution in [2.75, 3.05) is 19.0 Å². The molecule has 1 aromatic heterocycles. The summed E-state index contributed by atoms with van der Waals surface area (Å²) in [6.45, 7) is -0.555. The molecule has 2 aromatic rings. The molecule has 0 fully saturated rings. The summed E-state index contributed by atoms with van der Waals surface area (Å²) in [5.41, 5.74) is 0.373. The Bertz CT molecular complexity index is 689. The predicted molar refractivity (Wildman–Crippen MR) is 74.9 cm³/mol. The number of fused-ring (bicyclic) bond motifs is 1. The number of pyridine rings is 1. The van der Waals surface area contributed by atoms with Crippen molar-refractivity contribution in [2.24, 2.45) is 0 Å². The van der Waals surface area contributed by atoms with Crippen LogP contribution in [0.25, 0.3) is 10.9 Å². The first kappa shape index (κ1) is 14.7. The lowest BCUT2D eigenvalue weighted by Crippen LogP contribution is -2.34. The fourth-order valence-corrected chi connectivity index (χ4v) is 1.92. The molecular weight excluding hydrogens is 278 g/mol. The third kappa shape index (κ3) is 2.90. The lowest BCUT2D eigenvalue weighted by Gasteiger charge is -2.16. The molecule has 0 radical (unpaired) electrons. The molecule has 0 bridgehead atoms. The zero-order valence-electron chi connectivity index (χ0n) is 11.1. The molecule has 1 atom stereocenters. The highest BCUT2D eigenvalue weighted by Gasteiger charge is 2.24. The zero-order chi connectivity index (χ0) is 15.4. The number of methoxy groups -OCH3 is 1. The third-order valence-corrected chi connectivity index (χ3v) is 2.94. The number of ether oxygens (including phenoxy) is 1. The summed E-state index contributed by atoms with van der Waals surface area (Å²) in [6.07, 6.45) is 1.11. The van der Waals surface area contributed by atoms with E-state index in [2.05, 4.69) is 15.0 Å². The highest BCUT2D eigenvalue weighted by atomic mass is 16.6. The first-order valence-corrected chi connectivity index (χ1v) is 6.05. The Hall–Kier alpha value is -2.74. The highest BCUT2D eigenvalue weighted by Crippen LogP contribution is 2.31. The number of aromatic nitrogens is 1. The van der Waals surface area contributed by atoms with Gasteiger partial charge in [0.1, 0.15) is 17.9 Å². The second-order valence-electron chi connectivity index (χ2n) is 4.20. The van der Waals surface area contributed by atoms with Crippen LogP contribution in [0, 0.1) is 10.1 Å². The summed E-state index contributed by atoms with van der Waals surface area (Å²) in [4.78, 5) is 26.1. The van der Waals surface area contributed by atoms with E-state index in [9.17, 15) is 20.0 Å². The number of benzene rings is 1. The minimum absolute atomic E-state index is 0.120. The maximum atomic E-state index is 11.5. The molecule has 0 aliphatic rings. The number of para-hydroxylation sites is 1. The Morgan fingerprint density at radius 2 is 2.24 bits per heavy atom. The normalized spacial score (nSPS) is 11.9. The summed E-state index contributed by atoms with van der Waals surface area (Å²) in [5, 5.41) is 23.5. The van der Waals surface area contributed by atoms with Crippen LogP contribution in [0.15, 0.2) is 30.5 Å². The van der Waals surface area contributed by atoms with Gasteiger partial charge in [-0.2, -0.15) is 0 Å². The van der Waals surface area contributed by atoms with Gasteiger partial charge in [-0.25, -0.2) is 9.78 Å². The van der Waals surface area contributed by atoms with Crippen molar-refractivity contribution in [2.45, 2.75) is 6.04 Å². The Morgan fingerprint density at radius 1 is 1.52 bits per heavy atom. The number of carbonyl (C=O) groups is 1. The van der Waals surface area contributed by atoms with Gasteiger partial charge in [-0.15, -0.1) is 0 Å². The molecule has 1 heterocycles. The van der Waals surface area contributed by atoms with Crippen molar-refractivity contribution in [1.82, 2.24) is 4.98 Å². The van der Waals surface area contributed by atoms with Crippen molar-refractivity contribution in [3.63, 3.8) is 0 Å². The summed E-state index contributed by atoms with van der Waals surface area (Å²) in [7, 11) is 1.17. The van der Waals surface area contributed by atoms with E-state index in [0.29, 0.717) is 10.9 Å². The van der Waals surface area contributed by atoms with E-state index in [0.717, 1.165) is 6.20 Å². The van der Waals surface area contributed by atoms with Crippen LogP contribution in [-0.4, -0.2) is 40.7 Å². The van der Waals surface area contributed by atoms with Gasteiger partial charge in [0, 0.05) is 5.39 Å². The molecule has 2 N–H and O–H groups in total. The quantitative estimate of drug-likeness (QED) is 0.481. The van der Waals surface area contributed by atoms with Gasteiger partial charge in [0.2, 0.25) is 0 Å². The summed E-state index contributed by atoms with van der Waals surface area (Å²) >= 11 is 0. The lowest BCUT2D eigenvalue weighted by molar-refractivity contribution is -0.384. The van der Waals surface area contributed by atoms with Gasteiger partial charge in [0.25, 0.3) is 0 Å². The second-order valence-corrected chi connectivity index (χ2v) is 4.20. The number of aliphatic hydroxyl groups is 1. The topological polar surface area (TPSA) is 115 Å². The SMILES string of the molecule is COC(=O)C(CO)Nc1c([N+](=O)[O-])cnc2ccccc12. The number of esters is 1. The van der Waals surface area contributed by atoms with Gasteiger partial charge < -0.3 is 15.2 Å². The van der Waals surface area contributed by atoms with Gasteiger partial charge in [-0.1, -0.05) is 18.2 Å². The number of nitrogens with one attached hydrogen (secondary N) is 1. The average molecular weight is 291 g/mol. The van der Waals surface area contributed by atoms with Crippen molar-refractivity contribution in [3.8, 4) is 0 Å². The third-order valence-electron chi connectivity index (χ3n) is 2.94. The summed E-state index contributed by atoms with van der Waals surface area (Å²) in [6, 6.07) is 5.68. The van der Waals surface area contributed by atoms with Gasteiger partial charge in [0.05, 0.1) is 24.2 Å². The van der Waals surface area contributed by atoms with Crippen molar-refractivity contribution >= 4 is 28.2 Å². The molecule has 21 heavy (non-hydrogen) atoms. The van der Waals surface area contributed by atoms with Crippen LogP contribution in [-0.2, 0) is 9.53 Å². The van der Waals surface area contributed by atoms with E-state index < -0.39 is 23.5 Å². The summed E-state index contributed by atoms with van der Waals surface area (Å²) < 4.78 is 4.54. The molecule has 0 aliphatic carbocycles. The van der Waals surface area contributed by atoms with Gasteiger partial charge in [0.15, 0.2) is 0 Å². The number of nitrogens with zero attached hydrogens (tertiary/aromatic N) is 2. The second kappa shape index (κ2) is 6.14. The summed E-state index contributed by atoms with van der Waals surface area (Å²) in [5.74, 6) is -0.715. The fraction of sp³-hybridized carbons (Fsp3) is 0.231. The maximum absolute atomic E-state index is 11.5. The van der Waals surface area contributed by atoms with Gasteiger partial charge in [-0.05, 0) is 6.07 Å². The average Bonchev–Trinajstić information content (AvgIpc) is 2.51. The molecule has 0 aliphatic heterocycles. The Morgan fingerprint density at radius 3 is 2.86 bits per heavy atom. The van der Waals surface area contributed by atoms with E-state index in [1.165, 1.54) is 7.11 Å².